The topological polar surface area (TPSA) is 127 Å². The van der Waals surface area contributed by atoms with Crippen LogP contribution in [0.15, 0.2) is 60.7 Å². The average Bonchev–Trinajstić information content (AvgIpc) is 2.76. The van der Waals surface area contributed by atoms with E-state index in [1.807, 2.05) is 6.07 Å². The largest absolute Gasteiger partial charge is 0.478 e. The van der Waals surface area contributed by atoms with Gasteiger partial charge < -0.3 is 19.7 Å². The zero-order valence-electron chi connectivity index (χ0n) is 18.1. The third-order valence-corrected chi connectivity index (χ3v) is 5.16. The lowest BCUT2D eigenvalue weighted by Gasteiger charge is -2.14. The Morgan fingerprint density at radius 3 is 1.94 bits per heavy atom. The van der Waals surface area contributed by atoms with E-state index in [2.05, 4.69) is 0 Å². The number of carbonyl (C=O) groups excluding carboxylic acids is 2. The number of benzene rings is 4. The number of rotatable bonds is 5. The second-order valence-corrected chi connectivity index (χ2v) is 7.61. The smallest absolute Gasteiger partial charge is 0.336 e. The van der Waals surface area contributed by atoms with Crippen molar-refractivity contribution in [2.24, 2.45) is 0 Å². The number of hydrogen-bond acceptors (Lipinski definition) is 6. The van der Waals surface area contributed by atoms with Gasteiger partial charge >= 0.3 is 23.9 Å². The molecule has 0 aliphatic heterocycles. The molecular weight excluding hydrogens is 440 g/mol. The van der Waals surface area contributed by atoms with Gasteiger partial charge in [0.05, 0.1) is 11.1 Å². The highest BCUT2D eigenvalue weighted by molar-refractivity contribution is 6.09. The minimum absolute atomic E-state index is 0.162. The van der Waals surface area contributed by atoms with Crippen molar-refractivity contribution in [3.05, 3.63) is 71.8 Å². The maximum Gasteiger partial charge on any atom is 0.336 e. The predicted molar refractivity (Wildman–Crippen MR) is 123 cm³/mol. The summed E-state index contributed by atoms with van der Waals surface area (Å²) in [5.74, 6) is -2.98. The Bertz CT molecular complexity index is 1520. The van der Waals surface area contributed by atoms with Crippen LogP contribution in [0.1, 0.15) is 34.6 Å². The van der Waals surface area contributed by atoms with Crippen molar-refractivity contribution >= 4 is 45.4 Å². The first-order chi connectivity index (χ1) is 16.1. The summed E-state index contributed by atoms with van der Waals surface area (Å²) in [5.41, 5.74) is 0.359. The lowest BCUT2D eigenvalue weighted by Crippen LogP contribution is -2.05. The minimum atomic E-state index is -1.30. The highest BCUT2D eigenvalue weighted by Crippen LogP contribution is 2.38. The summed E-state index contributed by atoms with van der Waals surface area (Å²) >= 11 is 0. The lowest BCUT2D eigenvalue weighted by molar-refractivity contribution is -0.132. The van der Waals surface area contributed by atoms with Gasteiger partial charge in [-0.15, -0.1) is 0 Å². The van der Waals surface area contributed by atoms with Crippen molar-refractivity contribution in [3.8, 4) is 22.6 Å². The van der Waals surface area contributed by atoms with Crippen LogP contribution < -0.4 is 9.47 Å². The van der Waals surface area contributed by atoms with Crippen molar-refractivity contribution in [1.29, 1.82) is 0 Å². The summed E-state index contributed by atoms with van der Waals surface area (Å²) in [6, 6.07) is 15.8. The molecule has 0 unspecified atom stereocenters. The second kappa shape index (κ2) is 8.67. The zero-order chi connectivity index (χ0) is 24.6. The molecule has 0 aliphatic carbocycles. The van der Waals surface area contributed by atoms with E-state index in [0.29, 0.717) is 22.1 Å². The molecule has 0 amide bonds. The van der Waals surface area contributed by atoms with Gasteiger partial charge in [-0.05, 0) is 81.2 Å². The minimum Gasteiger partial charge on any atom is -0.478 e. The van der Waals surface area contributed by atoms with Crippen molar-refractivity contribution in [1.82, 2.24) is 0 Å². The van der Waals surface area contributed by atoms with Crippen molar-refractivity contribution < 1.29 is 38.9 Å². The van der Waals surface area contributed by atoms with Crippen LogP contribution in [0, 0.1) is 0 Å². The van der Waals surface area contributed by atoms with Crippen LogP contribution in [0.4, 0.5) is 0 Å². The number of carboxylic acid groups (broad SMARTS) is 2. The normalized spacial score (nSPS) is 10.8. The summed E-state index contributed by atoms with van der Waals surface area (Å²) in [4.78, 5) is 46.3. The van der Waals surface area contributed by atoms with E-state index in [1.165, 1.54) is 26.0 Å². The molecular formula is C26H18O8. The molecule has 0 radical (unpaired) electrons. The molecule has 0 saturated carbocycles. The van der Waals surface area contributed by atoms with Gasteiger partial charge in [-0.3, -0.25) is 9.59 Å². The molecule has 0 aromatic heterocycles. The van der Waals surface area contributed by atoms with Gasteiger partial charge in [-0.2, -0.15) is 0 Å². The first kappa shape index (κ1) is 22.5. The van der Waals surface area contributed by atoms with E-state index >= 15 is 0 Å². The van der Waals surface area contributed by atoms with Gasteiger partial charge in [-0.25, -0.2) is 9.59 Å². The molecule has 8 nitrogen and oxygen atoms in total. The number of fused-ring (bicyclic) bond motifs is 2. The highest BCUT2D eigenvalue weighted by Gasteiger charge is 2.19. The maximum atomic E-state index is 12.0. The average molecular weight is 458 g/mol. The Kier molecular flexibility index (Phi) is 5.73. The molecule has 4 aromatic rings. The molecule has 170 valence electrons. The number of aromatic carboxylic acids is 2. The van der Waals surface area contributed by atoms with Gasteiger partial charge in [0.1, 0.15) is 11.5 Å². The molecule has 4 rings (SSSR count). The van der Waals surface area contributed by atoms with Gasteiger partial charge in [0.15, 0.2) is 0 Å². The molecule has 0 fully saturated rings. The third-order valence-electron chi connectivity index (χ3n) is 5.16. The quantitative estimate of drug-likeness (QED) is 0.245. The number of hydrogen-bond donors (Lipinski definition) is 2. The molecule has 34 heavy (non-hydrogen) atoms. The van der Waals surface area contributed by atoms with Crippen molar-refractivity contribution in [2.75, 3.05) is 0 Å². The fourth-order valence-electron chi connectivity index (χ4n) is 3.83. The monoisotopic (exact) mass is 458 g/mol. The van der Waals surface area contributed by atoms with E-state index in [9.17, 15) is 29.4 Å². The predicted octanol–water partition coefficient (Wildman–Crippen LogP) is 4.91. The molecule has 0 aliphatic rings. The number of esters is 2. The van der Waals surface area contributed by atoms with Crippen LogP contribution in [0.25, 0.3) is 32.7 Å². The van der Waals surface area contributed by atoms with Gasteiger partial charge in [0, 0.05) is 13.8 Å². The van der Waals surface area contributed by atoms with Crippen LogP contribution in [0.3, 0.4) is 0 Å². The zero-order valence-corrected chi connectivity index (χ0v) is 18.1. The Balaban J connectivity index is 2.02. The fraction of sp³-hybridized carbons (Fsp3) is 0.0769. The molecule has 2 N–H and O–H groups in total. The van der Waals surface area contributed by atoms with Gasteiger partial charge in [-0.1, -0.05) is 12.1 Å². The van der Waals surface area contributed by atoms with Gasteiger partial charge in [0.25, 0.3) is 0 Å². The SMILES string of the molecule is CC(=O)Oc1ccc2cc3c(-c4ccc(C(=O)O)cc4C(=O)O)cc(OC(C)=O)cc3cc2c1. The van der Waals surface area contributed by atoms with Gasteiger partial charge in [0.2, 0.25) is 0 Å². The van der Waals surface area contributed by atoms with E-state index in [0.717, 1.165) is 16.8 Å². The molecule has 8 heteroatoms. The number of carboxylic acids is 2. The molecule has 0 spiro atoms. The third kappa shape index (κ3) is 4.42. The summed E-state index contributed by atoms with van der Waals surface area (Å²) in [6.45, 7) is 2.55. The fourth-order valence-corrected chi connectivity index (χ4v) is 3.83. The second-order valence-electron chi connectivity index (χ2n) is 7.61. The van der Waals surface area contributed by atoms with Crippen molar-refractivity contribution in [3.63, 3.8) is 0 Å². The molecule has 0 bridgehead atoms. The lowest BCUT2D eigenvalue weighted by atomic mass is 9.91. The van der Waals surface area contributed by atoms with Crippen LogP contribution in [0.2, 0.25) is 0 Å². The molecule has 0 heterocycles. The van der Waals surface area contributed by atoms with Crippen LogP contribution in [-0.4, -0.2) is 34.1 Å². The van der Waals surface area contributed by atoms with E-state index in [1.54, 1.807) is 36.4 Å². The Hall–Kier alpha value is -4.72. The first-order valence-electron chi connectivity index (χ1n) is 10.1. The van der Waals surface area contributed by atoms with Crippen LogP contribution in [0.5, 0.6) is 11.5 Å². The summed E-state index contributed by atoms with van der Waals surface area (Å²) in [5, 5.41) is 21.9. The maximum absolute atomic E-state index is 12.0. The van der Waals surface area contributed by atoms with E-state index in [4.69, 9.17) is 9.47 Å². The van der Waals surface area contributed by atoms with Crippen LogP contribution >= 0.6 is 0 Å². The molecule has 0 saturated heterocycles. The number of ether oxygens (including phenoxy) is 2. The Morgan fingerprint density at radius 1 is 0.618 bits per heavy atom. The summed E-state index contributed by atoms with van der Waals surface area (Å²) in [7, 11) is 0. The van der Waals surface area contributed by atoms with Crippen molar-refractivity contribution in [2.45, 2.75) is 13.8 Å². The van der Waals surface area contributed by atoms with Crippen LogP contribution in [-0.2, 0) is 9.59 Å². The summed E-state index contributed by atoms with van der Waals surface area (Å²) < 4.78 is 10.4. The summed E-state index contributed by atoms with van der Waals surface area (Å²) in [6.07, 6.45) is 0. The first-order valence-corrected chi connectivity index (χ1v) is 10.1. The molecule has 0 atom stereocenters. The number of carbonyl (C=O) groups is 4. The standard InChI is InChI=1S/C26H18O8/c1-13(27)33-19-5-3-15-10-22-18(7-17(15)8-19)9-20(34-14(2)28)12-23(22)21-6-4-16(25(29)30)11-24(21)26(31)32/h3-12H,1-2H3,(H,29,30)(H,31,32). The Labute approximate surface area is 193 Å². The molecule has 4 aromatic carbocycles. The van der Waals surface area contributed by atoms with E-state index < -0.39 is 23.9 Å². The Morgan fingerprint density at radius 2 is 1.29 bits per heavy atom. The highest BCUT2D eigenvalue weighted by atomic mass is 16.5. The van der Waals surface area contributed by atoms with E-state index in [-0.39, 0.29) is 22.4 Å².